The molecular weight excluding hydrogens is 226 g/mol. The Labute approximate surface area is 99.7 Å². The lowest BCUT2D eigenvalue weighted by Gasteiger charge is -2.28. The van der Waals surface area contributed by atoms with Crippen molar-refractivity contribution in [1.29, 1.82) is 0 Å². The summed E-state index contributed by atoms with van der Waals surface area (Å²) in [5, 5.41) is 21.4. The van der Waals surface area contributed by atoms with Crippen molar-refractivity contribution >= 4 is 11.9 Å². The van der Waals surface area contributed by atoms with E-state index in [-0.39, 0.29) is 31.6 Å². The van der Waals surface area contributed by atoms with Gasteiger partial charge in [0, 0.05) is 25.2 Å². The molecule has 0 saturated carbocycles. The van der Waals surface area contributed by atoms with Crippen molar-refractivity contribution in [1.82, 2.24) is 9.96 Å². The van der Waals surface area contributed by atoms with E-state index in [1.54, 1.807) is 11.8 Å². The van der Waals surface area contributed by atoms with Crippen LogP contribution in [-0.2, 0) is 9.59 Å². The van der Waals surface area contributed by atoms with Gasteiger partial charge >= 0.3 is 5.97 Å². The minimum absolute atomic E-state index is 0.00737. The van der Waals surface area contributed by atoms with Gasteiger partial charge in [-0.3, -0.25) is 14.5 Å². The normalized spacial score (nSPS) is 28.2. The van der Waals surface area contributed by atoms with Crippen molar-refractivity contribution in [3.63, 3.8) is 0 Å². The van der Waals surface area contributed by atoms with E-state index >= 15 is 0 Å². The van der Waals surface area contributed by atoms with Gasteiger partial charge in [0.05, 0.1) is 0 Å². The topological polar surface area (TPSA) is 110 Å². The number of amides is 1. The number of primary amides is 1. The van der Waals surface area contributed by atoms with Gasteiger partial charge in [0.2, 0.25) is 5.91 Å². The van der Waals surface area contributed by atoms with E-state index < -0.39 is 17.9 Å². The van der Waals surface area contributed by atoms with Crippen molar-refractivity contribution in [2.45, 2.75) is 44.8 Å². The Bertz CT molecular complexity index is 310. The number of rotatable bonds is 5. The number of carboxylic acid groups (broad SMARTS) is 1. The van der Waals surface area contributed by atoms with E-state index in [0.717, 1.165) is 5.06 Å². The van der Waals surface area contributed by atoms with Crippen molar-refractivity contribution in [3.8, 4) is 0 Å². The molecular formula is C10H18N3O4-. The maximum atomic E-state index is 11.5. The Kier molecular flexibility index (Phi) is 4.44. The molecule has 1 amide bonds. The van der Waals surface area contributed by atoms with Gasteiger partial charge in [-0.25, -0.2) is 0 Å². The quantitative estimate of drug-likeness (QED) is 0.678. The highest BCUT2D eigenvalue weighted by molar-refractivity contribution is 5.77. The number of hydroxylamine groups is 2. The molecule has 0 bridgehead atoms. The lowest BCUT2D eigenvalue weighted by Crippen LogP contribution is -2.45. The van der Waals surface area contributed by atoms with Gasteiger partial charge in [-0.05, 0) is 20.3 Å². The van der Waals surface area contributed by atoms with E-state index in [9.17, 15) is 14.8 Å². The highest BCUT2D eigenvalue weighted by atomic mass is 16.5. The molecule has 17 heavy (non-hydrogen) atoms. The first kappa shape index (κ1) is 13.9. The summed E-state index contributed by atoms with van der Waals surface area (Å²) in [4.78, 5) is 23.4. The first-order valence-electron chi connectivity index (χ1n) is 5.55. The van der Waals surface area contributed by atoms with Crippen LogP contribution in [0.5, 0.6) is 0 Å². The van der Waals surface area contributed by atoms with Gasteiger partial charge in [-0.2, -0.15) is 0 Å². The molecule has 1 heterocycles. The van der Waals surface area contributed by atoms with Crippen LogP contribution in [0.3, 0.4) is 0 Å². The summed E-state index contributed by atoms with van der Waals surface area (Å²) in [5.74, 6) is -1.56. The van der Waals surface area contributed by atoms with Gasteiger partial charge in [-0.15, -0.1) is 0 Å². The van der Waals surface area contributed by atoms with Crippen LogP contribution < -0.4 is 5.73 Å². The van der Waals surface area contributed by atoms with E-state index in [1.165, 1.54) is 0 Å². The zero-order chi connectivity index (χ0) is 13.2. The van der Waals surface area contributed by atoms with E-state index in [1.807, 2.05) is 6.92 Å². The van der Waals surface area contributed by atoms with Crippen molar-refractivity contribution < 1.29 is 14.7 Å². The van der Waals surface area contributed by atoms with Crippen LogP contribution in [0.15, 0.2) is 0 Å². The van der Waals surface area contributed by atoms with Crippen LogP contribution in [0.2, 0.25) is 0 Å². The Morgan fingerprint density at radius 2 is 2.06 bits per heavy atom. The molecule has 1 rings (SSSR count). The van der Waals surface area contributed by atoms with Gasteiger partial charge in [0.15, 0.2) is 0 Å². The van der Waals surface area contributed by atoms with Gasteiger partial charge in [0.1, 0.15) is 6.04 Å². The summed E-state index contributed by atoms with van der Waals surface area (Å²) in [6.45, 7) is 3.62. The number of nitrogens with zero attached hydrogens (tertiary/aromatic N) is 2. The number of hydrogen-bond donors (Lipinski definition) is 2. The second kappa shape index (κ2) is 5.44. The summed E-state index contributed by atoms with van der Waals surface area (Å²) in [5.41, 5.74) is 5.01. The molecule has 7 nitrogen and oxygen atoms in total. The molecule has 0 spiro atoms. The molecule has 0 aromatic heterocycles. The Morgan fingerprint density at radius 3 is 2.41 bits per heavy atom. The summed E-state index contributed by atoms with van der Waals surface area (Å²) in [6.07, 6.45) is 0.142. The lowest BCUT2D eigenvalue weighted by molar-refractivity contribution is -0.144. The van der Waals surface area contributed by atoms with Crippen LogP contribution in [-0.4, -0.2) is 51.7 Å². The minimum Gasteiger partial charge on any atom is -0.784 e. The highest BCUT2D eigenvalue weighted by Crippen LogP contribution is 2.23. The van der Waals surface area contributed by atoms with Gasteiger partial charge in [0.25, 0.3) is 0 Å². The largest absolute Gasteiger partial charge is 0.784 e. The zero-order valence-corrected chi connectivity index (χ0v) is 10.00. The van der Waals surface area contributed by atoms with Crippen molar-refractivity contribution in [3.05, 3.63) is 5.21 Å². The molecule has 1 aliphatic rings. The standard InChI is InChI=1S/C10H18N3O4/c1-6-7(2)13(17)5-12(6)8(10(15)16)3-4-9(11)14/h6-8H,3-5H2,1-2H3,(H2,11,14)(H,15,16)/q-1. The molecule has 0 aliphatic carbocycles. The number of carbonyl (C=O) groups excluding carboxylic acids is 1. The molecule has 1 aliphatic heterocycles. The fraction of sp³-hybridized carbons (Fsp3) is 0.800. The van der Waals surface area contributed by atoms with Crippen LogP contribution in [0.25, 0.3) is 0 Å². The summed E-state index contributed by atoms with van der Waals surface area (Å²) >= 11 is 0. The average Bonchev–Trinajstić information content (AvgIpc) is 2.46. The van der Waals surface area contributed by atoms with Crippen LogP contribution in [0.4, 0.5) is 0 Å². The zero-order valence-electron chi connectivity index (χ0n) is 10.00. The third-order valence-electron chi connectivity index (χ3n) is 3.33. The Morgan fingerprint density at radius 1 is 1.47 bits per heavy atom. The molecule has 98 valence electrons. The van der Waals surface area contributed by atoms with Gasteiger partial charge < -0.3 is 21.1 Å². The van der Waals surface area contributed by atoms with Gasteiger partial charge in [-0.1, -0.05) is 0 Å². The summed E-state index contributed by atoms with van der Waals surface area (Å²) in [7, 11) is 0. The van der Waals surface area contributed by atoms with E-state index in [2.05, 4.69) is 0 Å². The van der Waals surface area contributed by atoms with Crippen LogP contribution >= 0.6 is 0 Å². The van der Waals surface area contributed by atoms with Crippen LogP contribution in [0.1, 0.15) is 26.7 Å². The maximum absolute atomic E-state index is 11.5. The summed E-state index contributed by atoms with van der Waals surface area (Å²) < 4.78 is 0. The average molecular weight is 244 g/mol. The van der Waals surface area contributed by atoms with Crippen molar-refractivity contribution in [2.24, 2.45) is 5.73 Å². The van der Waals surface area contributed by atoms with E-state index in [0.29, 0.717) is 0 Å². The number of carbonyl (C=O) groups is 2. The monoisotopic (exact) mass is 244 g/mol. The molecule has 1 fully saturated rings. The molecule has 0 aromatic carbocycles. The second-order valence-electron chi connectivity index (χ2n) is 4.41. The third kappa shape index (κ3) is 3.15. The Hall–Kier alpha value is -1.18. The predicted octanol–water partition coefficient (Wildman–Crippen LogP) is -0.445. The fourth-order valence-electron chi connectivity index (χ4n) is 2.03. The predicted molar refractivity (Wildman–Crippen MR) is 60.7 cm³/mol. The fourth-order valence-corrected chi connectivity index (χ4v) is 2.03. The minimum atomic E-state index is -1.03. The number of nitrogens with two attached hydrogens (primary N) is 1. The smallest absolute Gasteiger partial charge is 0.320 e. The maximum Gasteiger partial charge on any atom is 0.320 e. The number of aliphatic carboxylic acids is 1. The lowest BCUT2D eigenvalue weighted by atomic mass is 10.1. The third-order valence-corrected chi connectivity index (χ3v) is 3.33. The molecule has 3 atom stereocenters. The second-order valence-corrected chi connectivity index (χ2v) is 4.41. The SMILES string of the molecule is CC1C(C)N(C(CCC(N)=O)C(=O)O)CN1[O-]. The first-order valence-corrected chi connectivity index (χ1v) is 5.55. The first-order chi connectivity index (χ1) is 7.84. The molecule has 7 heteroatoms. The number of hydrogen-bond acceptors (Lipinski definition) is 5. The molecule has 3 N–H and O–H groups in total. The number of carboxylic acids is 1. The van der Waals surface area contributed by atoms with Crippen LogP contribution in [0, 0.1) is 5.21 Å². The van der Waals surface area contributed by atoms with E-state index in [4.69, 9.17) is 10.8 Å². The molecule has 0 radical (unpaired) electrons. The van der Waals surface area contributed by atoms with Crippen molar-refractivity contribution in [2.75, 3.05) is 6.67 Å². The molecule has 1 saturated heterocycles. The Balaban J connectivity index is 2.71. The molecule has 3 unspecified atom stereocenters. The molecule has 0 aromatic rings. The summed E-state index contributed by atoms with van der Waals surface area (Å²) in [6, 6.07) is -1.23. The highest BCUT2D eigenvalue weighted by Gasteiger charge is 2.37.